The molecule has 0 radical (unpaired) electrons. The maximum Gasteiger partial charge on any atom is 0.262 e. The van der Waals surface area contributed by atoms with Gasteiger partial charge in [-0.3, -0.25) is 14.5 Å². The highest BCUT2D eigenvalue weighted by atomic mass is 16.5. The van der Waals surface area contributed by atoms with E-state index in [4.69, 9.17) is 4.74 Å². The number of imide groups is 1. The molecule has 0 N–H and O–H groups in total. The Morgan fingerprint density at radius 3 is 2.32 bits per heavy atom. The quantitative estimate of drug-likeness (QED) is 0.640. The Morgan fingerprint density at radius 2 is 1.64 bits per heavy atom. The number of benzene rings is 3. The fourth-order valence-corrected chi connectivity index (χ4v) is 3.67. The maximum absolute atomic E-state index is 13.4. The number of nitrogens with zero attached hydrogens (tertiary/aromatic N) is 2. The van der Waals surface area contributed by atoms with Gasteiger partial charge in [0.05, 0.1) is 12.7 Å². The van der Waals surface area contributed by atoms with Crippen molar-refractivity contribution in [3.63, 3.8) is 0 Å². The van der Waals surface area contributed by atoms with Crippen LogP contribution in [0.25, 0.3) is 21.9 Å². The number of hydrogen-bond donors (Lipinski definition) is 0. The topological polar surface area (TPSA) is 49.9 Å². The van der Waals surface area contributed by atoms with Gasteiger partial charge in [0, 0.05) is 24.0 Å². The van der Waals surface area contributed by atoms with E-state index in [-0.39, 0.29) is 11.8 Å². The normalized spacial score (nSPS) is 13.5. The summed E-state index contributed by atoms with van der Waals surface area (Å²) in [4.78, 5) is 29.8. The summed E-state index contributed by atoms with van der Waals surface area (Å²) in [5, 5.41) is 1.64. The molecule has 1 aliphatic rings. The minimum Gasteiger partial charge on any atom is -0.497 e. The van der Waals surface area contributed by atoms with Crippen molar-refractivity contribution >= 4 is 22.6 Å². The number of methoxy groups -OCH3 is 1. The summed E-state index contributed by atoms with van der Waals surface area (Å²) >= 11 is 0. The lowest BCUT2D eigenvalue weighted by molar-refractivity contribution is 0.0601. The fourth-order valence-electron chi connectivity index (χ4n) is 3.67. The van der Waals surface area contributed by atoms with Gasteiger partial charge in [0.2, 0.25) is 0 Å². The van der Waals surface area contributed by atoms with Gasteiger partial charge in [0.15, 0.2) is 0 Å². The zero-order chi connectivity index (χ0) is 19.8. The summed E-state index contributed by atoms with van der Waals surface area (Å²) in [7, 11) is 5.48. The predicted molar refractivity (Wildman–Crippen MR) is 110 cm³/mol. The molecular weight excluding hydrogens is 352 g/mol. The highest BCUT2D eigenvalue weighted by Crippen LogP contribution is 2.37. The van der Waals surface area contributed by atoms with Crippen LogP contribution in [-0.2, 0) is 0 Å². The lowest BCUT2D eigenvalue weighted by Gasteiger charge is -2.29. The number of likely N-dealkylation sites (N-methyl/N-ethyl adjacent to an activating group) is 1. The molecule has 0 saturated heterocycles. The van der Waals surface area contributed by atoms with Gasteiger partial charge in [-0.05, 0) is 48.8 Å². The van der Waals surface area contributed by atoms with Crippen molar-refractivity contribution < 1.29 is 14.3 Å². The highest BCUT2D eigenvalue weighted by Gasteiger charge is 2.34. The fraction of sp³-hybridized carbons (Fsp3) is 0.217. The molecule has 0 saturated carbocycles. The van der Waals surface area contributed by atoms with Crippen molar-refractivity contribution in [1.82, 2.24) is 9.80 Å². The molecule has 1 heterocycles. The van der Waals surface area contributed by atoms with Crippen LogP contribution in [0, 0.1) is 0 Å². The molecule has 1 aliphatic heterocycles. The van der Waals surface area contributed by atoms with Crippen LogP contribution in [0.2, 0.25) is 0 Å². The molecule has 4 rings (SSSR count). The summed E-state index contributed by atoms with van der Waals surface area (Å²) in [6, 6.07) is 17.2. The van der Waals surface area contributed by atoms with E-state index in [1.165, 1.54) is 4.90 Å². The minimum atomic E-state index is -0.234. The van der Waals surface area contributed by atoms with Crippen LogP contribution in [0.15, 0.2) is 54.6 Å². The Bertz CT molecular complexity index is 1070. The first-order valence-electron chi connectivity index (χ1n) is 9.22. The van der Waals surface area contributed by atoms with Gasteiger partial charge in [-0.1, -0.05) is 36.4 Å². The van der Waals surface area contributed by atoms with E-state index in [1.807, 2.05) is 67.5 Å². The molecule has 0 spiro atoms. The van der Waals surface area contributed by atoms with Crippen molar-refractivity contribution in [2.24, 2.45) is 0 Å². The first-order chi connectivity index (χ1) is 13.5. The Kier molecular flexibility index (Phi) is 4.61. The predicted octanol–water partition coefficient (Wildman–Crippen LogP) is 3.67. The zero-order valence-electron chi connectivity index (χ0n) is 16.2. The largest absolute Gasteiger partial charge is 0.497 e. The van der Waals surface area contributed by atoms with Crippen molar-refractivity contribution in [2.45, 2.75) is 0 Å². The molecule has 0 aliphatic carbocycles. The molecule has 3 aromatic carbocycles. The van der Waals surface area contributed by atoms with Crippen molar-refractivity contribution in [3.8, 4) is 16.9 Å². The Hall–Kier alpha value is -3.18. The number of hydrogen-bond acceptors (Lipinski definition) is 4. The SMILES string of the molecule is COc1ccc(-c2ccc3cccc4c3c2C(=O)N(CCN(C)C)C4=O)cc1. The molecule has 2 amide bonds. The van der Waals surface area contributed by atoms with Gasteiger partial charge < -0.3 is 9.64 Å². The Labute approximate surface area is 164 Å². The van der Waals surface area contributed by atoms with E-state index in [0.717, 1.165) is 27.6 Å². The standard InChI is InChI=1S/C23H22N2O3/c1-24(2)13-14-25-22(26)19-6-4-5-16-9-12-18(21(20(16)19)23(25)27)15-7-10-17(28-3)11-8-15/h4-12H,13-14H2,1-3H3. The number of carbonyl (C=O) groups excluding carboxylic acids is 2. The molecule has 0 aromatic heterocycles. The molecule has 0 unspecified atom stereocenters. The van der Waals surface area contributed by atoms with E-state index >= 15 is 0 Å². The van der Waals surface area contributed by atoms with Crippen LogP contribution in [-0.4, -0.2) is 55.9 Å². The summed E-state index contributed by atoms with van der Waals surface area (Å²) in [5.41, 5.74) is 2.93. The average Bonchev–Trinajstić information content (AvgIpc) is 2.71. The van der Waals surface area contributed by atoms with Crippen LogP contribution >= 0.6 is 0 Å². The number of ether oxygens (including phenoxy) is 1. The molecule has 0 fully saturated rings. The molecule has 0 bridgehead atoms. The minimum absolute atomic E-state index is 0.225. The van der Waals surface area contributed by atoms with Crippen LogP contribution in [0.4, 0.5) is 0 Å². The monoisotopic (exact) mass is 374 g/mol. The molecule has 5 heteroatoms. The third kappa shape index (κ3) is 2.94. The third-order valence-corrected chi connectivity index (χ3v) is 5.15. The molecule has 142 valence electrons. The summed E-state index contributed by atoms with van der Waals surface area (Å²) < 4.78 is 5.24. The summed E-state index contributed by atoms with van der Waals surface area (Å²) in [5.74, 6) is 0.298. The van der Waals surface area contributed by atoms with Gasteiger partial charge >= 0.3 is 0 Å². The van der Waals surface area contributed by atoms with Gasteiger partial charge in [0.1, 0.15) is 5.75 Å². The molecule has 28 heavy (non-hydrogen) atoms. The molecular formula is C23H22N2O3. The number of rotatable bonds is 5. The van der Waals surface area contributed by atoms with Crippen LogP contribution in [0.5, 0.6) is 5.75 Å². The summed E-state index contributed by atoms with van der Waals surface area (Å²) in [6.07, 6.45) is 0. The number of carbonyl (C=O) groups is 2. The van der Waals surface area contributed by atoms with Crippen molar-refractivity contribution in [1.29, 1.82) is 0 Å². The van der Waals surface area contributed by atoms with Gasteiger partial charge in [-0.15, -0.1) is 0 Å². The van der Waals surface area contributed by atoms with Crippen LogP contribution in [0.1, 0.15) is 20.7 Å². The highest BCUT2D eigenvalue weighted by molar-refractivity contribution is 6.27. The van der Waals surface area contributed by atoms with E-state index < -0.39 is 0 Å². The summed E-state index contributed by atoms with van der Waals surface area (Å²) in [6.45, 7) is 0.977. The second-order valence-corrected chi connectivity index (χ2v) is 7.19. The van der Waals surface area contributed by atoms with E-state index in [9.17, 15) is 9.59 Å². The lowest BCUT2D eigenvalue weighted by Crippen LogP contribution is -2.43. The smallest absolute Gasteiger partial charge is 0.262 e. The maximum atomic E-state index is 13.4. The average molecular weight is 374 g/mol. The second-order valence-electron chi connectivity index (χ2n) is 7.19. The Morgan fingerprint density at radius 1 is 0.893 bits per heavy atom. The molecule has 0 atom stereocenters. The van der Waals surface area contributed by atoms with Gasteiger partial charge in [-0.2, -0.15) is 0 Å². The van der Waals surface area contributed by atoms with Crippen LogP contribution in [0.3, 0.4) is 0 Å². The first kappa shape index (κ1) is 18.2. The second kappa shape index (κ2) is 7.09. The van der Waals surface area contributed by atoms with Crippen LogP contribution < -0.4 is 4.74 Å². The van der Waals surface area contributed by atoms with Gasteiger partial charge in [0.25, 0.3) is 11.8 Å². The van der Waals surface area contributed by atoms with E-state index in [1.54, 1.807) is 13.2 Å². The third-order valence-electron chi connectivity index (χ3n) is 5.15. The van der Waals surface area contributed by atoms with Crippen molar-refractivity contribution in [2.75, 3.05) is 34.3 Å². The van der Waals surface area contributed by atoms with Crippen molar-refractivity contribution in [3.05, 3.63) is 65.7 Å². The Balaban J connectivity index is 1.92. The lowest BCUT2D eigenvalue weighted by atomic mass is 9.88. The van der Waals surface area contributed by atoms with E-state index in [2.05, 4.69) is 0 Å². The molecule has 5 nitrogen and oxygen atoms in total. The first-order valence-corrected chi connectivity index (χ1v) is 9.22. The number of amides is 2. The molecule has 3 aromatic rings. The zero-order valence-corrected chi connectivity index (χ0v) is 16.2. The van der Waals surface area contributed by atoms with Gasteiger partial charge in [-0.25, -0.2) is 0 Å². The van der Waals surface area contributed by atoms with E-state index in [0.29, 0.717) is 24.2 Å².